The lowest BCUT2D eigenvalue weighted by Crippen LogP contribution is -1.99. The first kappa shape index (κ1) is 12.3. The number of hydrogen-bond donors (Lipinski definition) is 2. The first-order valence-electron chi connectivity index (χ1n) is 5.23. The van der Waals surface area contributed by atoms with Crippen molar-refractivity contribution in [2.24, 2.45) is 0 Å². The summed E-state index contributed by atoms with van der Waals surface area (Å²) in [6.07, 6.45) is 0. The molecule has 4 nitrogen and oxygen atoms in total. The standard InChI is InChI=1S/C13H11NO3S/c1-17-9-4-2-3-8(7-9)11-6-5-10(13(15)16)12(18)14-11/h2-7H,1H3,(H,14,18)(H,15,16). The summed E-state index contributed by atoms with van der Waals surface area (Å²) in [5, 5.41) is 8.90. The first-order valence-corrected chi connectivity index (χ1v) is 5.63. The molecule has 92 valence electrons. The number of H-pyrrole nitrogens is 1. The van der Waals surface area contributed by atoms with E-state index < -0.39 is 5.97 Å². The van der Waals surface area contributed by atoms with Crippen molar-refractivity contribution in [1.82, 2.24) is 4.98 Å². The SMILES string of the molecule is COc1cccc(-c2ccc(C(=O)O)c(=S)[nH]2)c1. The molecule has 18 heavy (non-hydrogen) atoms. The molecule has 0 saturated carbocycles. The van der Waals surface area contributed by atoms with E-state index in [2.05, 4.69) is 4.98 Å². The highest BCUT2D eigenvalue weighted by atomic mass is 32.1. The van der Waals surface area contributed by atoms with Crippen LogP contribution < -0.4 is 4.74 Å². The molecule has 0 unspecified atom stereocenters. The molecule has 0 atom stereocenters. The summed E-state index contributed by atoms with van der Waals surface area (Å²) in [6.45, 7) is 0. The number of ether oxygens (including phenoxy) is 1. The Morgan fingerprint density at radius 3 is 2.72 bits per heavy atom. The first-order chi connectivity index (χ1) is 8.61. The average molecular weight is 261 g/mol. The normalized spacial score (nSPS) is 10.1. The number of hydrogen-bond acceptors (Lipinski definition) is 3. The lowest BCUT2D eigenvalue weighted by Gasteiger charge is -2.05. The molecule has 1 heterocycles. The summed E-state index contributed by atoms with van der Waals surface area (Å²) >= 11 is 5.01. The highest BCUT2D eigenvalue weighted by Gasteiger charge is 2.07. The molecule has 0 aliphatic carbocycles. The van der Waals surface area contributed by atoms with Crippen LogP contribution in [-0.4, -0.2) is 23.2 Å². The van der Waals surface area contributed by atoms with E-state index in [0.717, 1.165) is 17.0 Å². The fourth-order valence-electron chi connectivity index (χ4n) is 1.60. The number of methoxy groups -OCH3 is 1. The molecule has 0 bridgehead atoms. The van der Waals surface area contributed by atoms with Crippen LogP contribution in [0.2, 0.25) is 0 Å². The zero-order valence-corrected chi connectivity index (χ0v) is 10.5. The third-order valence-corrected chi connectivity index (χ3v) is 2.84. The second-order valence-corrected chi connectivity index (χ2v) is 4.06. The Morgan fingerprint density at radius 1 is 1.33 bits per heavy atom. The number of aromatic amines is 1. The number of carboxylic acid groups (broad SMARTS) is 1. The number of aromatic nitrogens is 1. The number of aromatic carboxylic acids is 1. The van der Waals surface area contributed by atoms with E-state index in [0.29, 0.717) is 0 Å². The molecule has 5 heteroatoms. The Balaban J connectivity index is 2.48. The predicted molar refractivity (Wildman–Crippen MR) is 70.6 cm³/mol. The molecule has 2 N–H and O–H groups in total. The van der Waals surface area contributed by atoms with E-state index in [-0.39, 0.29) is 10.2 Å². The van der Waals surface area contributed by atoms with Crippen LogP contribution >= 0.6 is 12.2 Å². The van der Waals surface area contributed by atoms with Gasteiger partial charge in [-0.3, -0.25) is 0 Å². The van der Waals surface area contributed by atoms with E-state index in [1.165, 1.54) is 6.07 Å². The van der Waals surface area contributed by atoms with Crippen LogP contribution in [-0.2, 0) is 0 Å². The molecule has 2 rings (SSSR count). The minimum atomic E-state index is -1.03. The van der Waals surface area contributed by atoms with Crippen LogP contribution in [0.15, 0.2) is 36.4 Å². The average Bonchev–Trinajstić information content (AvgIpc) is 2.38. The molecule has 1 aromatic carbocycles. The van der Waals surface area contributed by atoms with Crippen molar-refractivity contribution in [3.05, 3.63) is 46.6 Å². The maximum Gasteiger partial charge on any atom is 0.338 e. The lowest BCUT2D eigenvalue weighted by atomic mass is 10.1. The molecule has 0 aliphatic heterocycles. The van der Waals surface area contributed by atoms with Gasteiger partial charge in [0.1, 0.15) is 10.4 Å². The van der Waals surface area contributed by atoms with Gasteiger partial charge in [0.15, 0.2) is 0 Å². The summed E-state index contributed by atoms with van der Waals surface area (Å²) in [5.41, 5.74) is 1.73. The van der Waals surface area contributed by atoms with Gasteiger partial charge in [-0.25, -0.2) is 4.79 Å². The maximum atomic E-state index is 10.9. The van der Waals surface area contributed by atoms with E-state index in [1.54, 1.807) is 13.2 Å². The molecule has 0 amide bonds. The number of carbonyl (C=O) groups is 1. The van der Waals surface area contributed by atoms with Gasteiger partial charge in [-0.15, -0.1) is 0 Å². The van der Waals surface area contributed by atoms with Crippen molar-refractivity contribution < 1.29 is 14.6 Å². The predicted octanol–water partition coefficient (Wildman–Crippen LogP) is 3.12. The Bertz CT molecular complexity index is 649. The largest absolute Gasteiger partial charge is 0.497 e. The van der Waals surface area contributed by atoms with Crippen molar-refractivity contribution in [2.45, 2.75) is 0 Å². The van der Waals surface area contributed by atoms with Crippen LogP contribution in [0, 0.1) is 4.64 Å². The zero-order chi connectivity index (χ0) is 13.1. The van der Waals surface area contributed by atoms with Crippen LogP contribution in [0.5, 0.6) is 5.75 Å². The highest BCUT2D eigenvalue weighted by Crippen LogP contribution is 2.22. The number of carboxylic acids is 1. The summed E-state index contributed by atoms with van der Waals surface area (Å²) in [7, 11) is 1.59. The van der Waals surface area contributed by atoms with E-state index in [1.807, 2.05) is 24.3 Å². The van der Waals surface area contributed by atoms with E-state index >= 15 is 0 Å². The second-order valence-electron chi connectivity index (χ2n) is 3.65. The molecular weight excluding hydrogens is 250 g/mol. The monoisotopic (exact) mass is 261 g/mol. The minimum absolute atomic E-state index is 0.0941. The van der Waals surface area contributed by atoms with Gasteiger partial charge in [0, 0.05) is 11.3 Å². The highest BCUT2D eigenvalue weighted by molar-refractivity contribution is 7.71. The second kappa shape index (κ2) is 5.01. The Labute approximate surface area is 109 Å². The Kier molecular flexibility index (Phi) is 3.43. The number of rotatable bonds is 3. The van der Waals surface area contributed by atoms with E-state index in [9.17, 15) is 4.79 Å². The smallest absolute Gasteiger partial charge is 0.338 e. The molecule has 1 aromatic heterocycles. The number of benzene rings is 1. The molecule has 0 aliphatic rings. The zero-order valence-electron chi connectivity index (χ0n) is 9.64. The summed E-state index contributed by atoms with van der Waals surface area (Å²) in [5.74, 6) is -0.303. The third kappa shape index (κ3) is 2.41. The molecule has 0 radical (unpaired) electrons. The molecule has 2 aromatic rings. The van der Waals surface area contributed by atoms with E-state index in [4.69, 9.17) is 22.1 Å². The summed E-state index contributed by atoms with van der Waals surface area (Å²) in [6, 6.07) is 10.6. The number of pyridine rings is 1. The van der Waals surface area contributed by atoms with Gasteiger partial charge in [-0.05, 0) is 24.3 Å². The third-order valence-electron chi connectivity index (χ3n) is 2.52. The van der Waals surface area contributed by atoms with Crippen molar-refractivity contribution in [3.8, 4) is 17.0 Å². The number of nitrogens with one attached hydrogen (secondary N) is 1. The topological polar surface area (TPSA) is 62.3 Å². The van der Waals surface area contributed by atoms with Crippen LogP contribution in [0.4, 0.5) is 0 Å². The van der Waals surface area contributed by atoms with Gasteiger partial charge in [0.2, 0.25) is 0 Å². The van der Waals surface area contributed by atoms with Gasteiger partial charge in [0.25, 0.3) is 0 Å². The van der Waals surface area contributed by atoms with Crippen LogP contribution in [0.25, 0.3) is 11.3 Å². The molecule has 0 spiro atoms. The fraction of sp³-hybridized carbons (Fsp3) is 0.0769. The Morgan fingerprint density at radius 2 is 2.11 bits per heavy atom. The van der Waals surface area contributed by atoms with Gasteiger partial charge < -0.3 is 14.8 Å². The van der Waals surface area contributed by atoms with Gasteiger partial charge in [-0.2, -0.15) is 0 Å². The Hall–Kier alpha value is -2.14. The van der Waals surface area contributed by atoms with Gasteiger partial charge >= 0.3 is 5.97 Å². The molecule has 0 saturated heterocycles. The van der Waals surface area contributed by atoms with Crippen molar-refractivity contribution in [3.63, 3.8) is 0 Å². The van der Waals surface area contributed by atoms with Crippen molar-refractivity contribution in [2.75, 3.05) is 7.11 Å². The van der Waals surface area contributed by atoms with Crippen molar-refractivity contribution >= 4 is 18.2 Å². The van der Waals surface area contributed by atoms with Crippen molar-refractivity contribution in [1.29, 1.82) is 0 Å². The lowest BCUT2D eigenvalue weighted by molar-refractivity contribution is 0.0696. The maximum absolute atomic E-state index is 10.9. The quantitative estimate of drug-likeness (QED) is 0.833. The fourth-order valence-corrected chi connectivity index (χ4v) is 1.87. The summed E-state index contributed by atoms with van der Waals surface area (Å²) < 4.78 is 5.35. The summed E-state index contributed by atoms with van der Waals surface area (Å²) in [4.78, 5) is 13.8. The minimum Gasteiger partial charge on any atom is -0.497 e. The van der Waals surface area contributed by atoms with Crippen LogP contribution in [0.3, 0.4) is 0 Å². The van der Waals surface area contributed by atoms with Gasteiger partial charge in [-0.1, -0.05) is 24.4 Å². The molecular formula is C13H11NO3S. The van der Waals surface area contributed by atoms with Crippen LogP contribution in [0.1, 0.15) is 10.4 Å². The molecule has 0 fully saturated rings. The van der Waals surface area contributed by atoms with Gasteiger partial charge in [0.05, 0.1) is 12.7 Å².